The summed E-state index contributed by atoms with van der Waals surface area (Å²) in [5, 5.41) is 10.8. The molecule has 2 N–H and O–H groups in total. The van der Waals surface area contributed by atoms with Crippen LogP contribution in [0.1, 0.15) is 11.1 Å². The molecule has 152 valence electrons. The second-order valence-corrected chi connectivity index (χ2v) is 6.80. The van der Waals surface area contributed by atoms with E-state index in [9.17, 15) is 44.9 Å². The number of anilines is 1. The molecular weight excluding hydrogens is 422 g/mol. The minimum Gasteiger partial charge on any atom is -0.393 e. The summed E-state index contributed by atoms with van der Waals surface area (Å²) >= 11 is 0. The van der Waals surface area contributed by atoms with Crippen LogP contribution in [0, 0.1) is 10.1 Å². The Morgan fingerprint density at radius 2 is 1.43 bits per heavy atom. The number of nitro groups is 1. The fourth-order valence-corrected chi connectivity index (χ4v) is 2.97. The lowest BCUT2D eigenvalue weighted by molar-refractivity contribution is -0.383. The van der Waals surface area contributed by atoms with Crippen molar-refractivity contribution in [1.29, 1.82) is 0 Å². The van der Waals surface area contributed by atoms with Gasteiger partial charge in [0.2, 0.25) is 0 Å². The van der Waals surface area contributed by atoms with Gasteiger partial charge < -0.3 is 9.92 Å². The highest BCUT2D eigenvalue weighted by Gasteiger charge is 2.38. The average molecular weight is 430 g/mol. The first-order valence-corrected chi connectivity index (χ1v) is 8.30. The third-order valence-corrected chi connectivity index (χ3v) is 4.48. The average Bonchev–Trinajstić information content (AvgIpc) is 2.54. The predicted molar refractivity (Wildman–Crippen MR) is 81.8 cm³/mol. The topological polar surface area (TPSA) is 113 Å². The number of nitrogens with zero attached hydrogens (tertiary/aromatic N) is 1. The van der Waals surface area contributed by atoms with E-state index >= 15 is 0 Å². The molecule has 7 nitrogen and oxygen atoms in total. The molecule has 0 amide bonds. The molecular formula is C14H8F6N2O5S. The van der Waals surface area contributed by atoms with Gasteiger partial charge in [0.1, 0.15) is 16.3 Å². The lowest BCUT2D eigenvalue weighted by atomic mass is 10.1. The molecule has 0 spiro atoms. The number of nitro benzene ring substituents is 1. The number of hydrogen-bond donors (Lipinski definition) is 1. The molecule has 0 bridgehead atoms. The van der Waals surface area contributed by atoms with Gasteiger partial charge in [-0.2, -0.15) is 34.8 Å². The lowest BCUT2D eigenvalue weighted by Crippen LogP contribution is -2.16. The van der Waals surface area contributed by atoms with Crippen LogP contribution < -0.4 is 9.92 Å². The minimum absolute atomic E-state index is 0.0454. The summed E-state index contributed by atoms with van der Waals surface area (Å²) < 4.78 is 106. The number of alkyl halides is 6. The zero-order valence-corrected chi connectivity index (χ0v) is 14.0. The first-order valence-electron chi connectivity index (χ1n) is 6.89. The number of benzene rings is 2. The van der Waals surface area contributed by atoms with Crippen LogP contribution >= 0.6 is 0 Å². The van der Waals surface area contributed by atoms with Crippen molar-refractivity contribution in [3.63, 3.8) is 0 Å². The Kier molecular flexibility index (Phi) is 5.20. The van der Waals surface area contributed by atoms with E-state index in [0.29, 0.717) is 6.07 Å². The molecule has 0 heterocycles. The maximum atomic E-state index is 12.8. The first-order chi connectivity index (χ1) is 12.6. The van der Waals surface area contributed by atoms with Crippen molar-refractivity contribution in [2.45, 2.75) is 17.2 Å². The van der Waals surface area contributed by atoms with Crippen molar-refractivity contribution in [2.24, 2.45) is 0 Å². The van der Waals surface area contributed by atoms with E-state index in [1.54, 1.807) is 0 Å². The Hall–Kier alpha value is -3.03. The van der Waals surface area contributed by atoms with Gasteiger partial charge in [-0.3, -0.25) is 10.1 Å². The van der Waals surface area contributed by atoms with Crippen LogP contribution in [0.25, 0.3) is 0 Å². The minimum atomic E-state index is -5.27. The highest BCUT2D eigenvalue weighted by molar-refractivity contribution is 7.87. The second kappa shape index (κ2) is 6.85. The highest BCUT2D eigenvalue weighted by Crippen LogP contribution is 2.38. The van der Waals surface area contributed by atoms with Crippen LogP contribution in [0.4, 0.5) is 37.7 Å². The fraction of sp³-hybridized carbons (Fsp3) is 0.143. The summed E-state index contributed by atoms with van der Waals surface area (Å²) in [5.41, 5.74) is 0.430. The van der Waals surface area contributed by atoms with Gasteiger partial charge in [-0.05, 0) is 30.3 Å². The molecule has 2 aromatic rings. The maximum absolute atomic E-state index is 12.8. The van der Waals surface area contributed by atoms with E-state index in [-0.39, 0.29) is 23.9 Å². The van der Waals surface area contributed by atoms with Gasteiger partial charge in [-0.25, -0.2) is 0 Å². The Morgan fingerprint density at radius 1 is 0.929 bits per heavy atom. The van der Waals surface area contributed by atoms with Crippen LogP contribution in [0.5, 0.6) is 5.75 Å². The summed E-state index contributed by atoms with van der Waals surface area (Å²) in [7, 11) is -5.20. The standard InChI is InChI=1S/C14H8F6N2O5S/c15-13(16,17)7-3-8(14(18,19)20)5-10(4-7)28(25,26)27-9-1-2-11(21)12(6-9)22(23)24/h1-6H,21H2. The summed E-state index contributed by atoms with van der Waals surface area (Å²) in [6.07, 6.45) is -10.5. The van der Waals surface area contributed by atoms with Crippen molar-refractivity contribution in [3.05, 3.63) is 57.6 Å². The third kappa shape index (κ3) is 4.62. The normalized spacial score (nSPS) is 12.6. The molecule has 0 aliphatic rings. The van der Waals surface area contributed by atoms with Crippen molar-refractivity contribution in [2.75, 3.05) is 5.73 Å². The molecule has 0 unspecified atom stereocenters. The molecule has 0 aliphatic carbocycles. The summed E-state index contributed by atoms with van der Waals surface area (Å²) in [6, 6.07) is 1.94. The van der Waals surface area contributed by atoms with Crippen LogP contribution in [-0.4, -0.2) is 13.3 Å². The third-order valence-electron chi connectivity index (χ3n) is 3.25. The van der Waals surface area contributed by atoms with E-state index < -0.39 is 54.9 Å². The highest BCUT2D eigenvalue weighted by atomic mass is 32.2. The van der Waals surface area contributed by atoms with Gasteiger partial charge in [-0.15, -0.1) is 0 Å². The molecule has 0 saturated carbocycles. The molecule has 0 aromatic heterocycles. The quantitative estimate of drug-likeness (QED) is 0.258. The number of halogens is 6. The van der Waals surface area contributed by atoms with E-state index in [4.69, 9.17) is 5.73 Å². The largest absolute Gasteiger partial charge is 0.416 e. The molecule has 28 heavy (non-hydrogen) atoms. The molecule has 0 saturated heterocycles. The van der Waals surface area contributed by atoms with Crippen molar-refractivity contribution >= 4 is 21.5 Å². The second-order valence-electron chi connectivity index (χ2n) is 5.26. The Labute approximate surface area is 152 Å². The number of nitrogen functional groups attached to an aromatic ring is 1. The van der Waals surface area contributed by atoms with Gasteiger partial charge in [0, 0.05) is 0 Å². The van der Waals surface area contributed by atoms with E-state index in [1.807, 2.05) is 0 Å². The molecule has 0 atom stereocenters. The van der Waals surface area contributed by atoms with Gasteiger partial charge in [0.25, 0.3) is 5.69 Å². The monoisotopic (exact) mass is 430 g/mol. The molecule has 14 heteroatoms. The summed E-state index contributed by atoms with van der Waals surface area (Å²) in [5.74, 6) is -0.730. The van der Waals surface area contributed by atoms with E-state index in [2.05, 4.69) is 4.18 Å². The number of nitrogens with two attached hydrogens (primary N) is 1. The van der Waals surface area contributed by atoms with Crippen molar-refractivity contribution in [1.82, 2.24) is 0 Å². The van der Waals surface area contributed by atoms with Crippen LogP contribution in [-0.2, 0) is 22.5 Å². The molecule has 2 rings (SSSR count). The van der Waals surface area contributed by atoms with Gasteiger partial charge in [-0.1, -0.05) is 0 Å². The zero-order valence-electron chi connectivity index (χ0n) is 13.2. The molecule has 0 radical (unpaired) electrons. The molecule has 0 aliphatic heterocycles. The molecule has 0 fully saturated rings. The van der Waals surface area contributed by atoms with E-state index in [1.165, 1.54) is 0 Å². The molecule has 2 aromatic carbocycles. The Balaban J connectivity index is 2.57. The van der Waals surface area contributed by atoms with Crippen molar-refractivity contribution < 1.29 is 43.9 Å². The van der Waals surface area contributed by atoms with E-state index in [0.717, 1.165) is 12.1 Å². The summed E-state index contributed by atoms with van der Waals surface area (Å²) in [6.45, 7) is 0. The van der Waals surface area contributed by atoms with Gasteiger partial charge >= 0.3 is 22.5 Å². The van der Waals surface area contributed by atoms with Crippen LogP contribution in [0.2, 0.25) is 0 Å². The number of hydrogen-bond acceptors (Lipinski definition) is 6. The Morgan fingerprint density at radius 3 is 1.86 bits per heavy atom. The number of rotatable bonds is 4. The predicted octanol–water partition coefficient (Wildman–Crippen LogP) is 3.98. The smallest absolute Gasteiger partial charge is 0.393 e. The van der Waals surface area contributed by atoms with Crippen LogP contribution in [0.3, 0.4) is 0 Å². The SMILES string of the molecule is Nc1ccc(OS(=O)(=O)c2cc(C(F)(F)F)cc(C(F)(F)F)c2)cc1[N+](=O)[O-]. The van der Waals surface area contributed by atoms with Crippen LogP contribution in [0.15, 0.2) is 41.3 Å². The maximum Gasteiger partial charge on any atom is 0.416 e. The van der Waals surface area contributed by atoms with Crippen molar-refractivity contribution in [3.8, 4) is 5.75 Å². The first kappa shape index (κ1) is 21.3. The summed E-state index contributed by atoms with van der Waals surface area (Å²) in [4.78, 5) is 8.37. The van der Waals surface area contributed by atoms with Gasteiger partial charge in [0.05, 0.1) is 22.1 Å². The lowest BCUT2D eigenvalue weighted by Gasteiger charge is -2.14. The fourth-order valence-electron chi connectivity index (χ4n) is 1.98. The zero-order chi connectivity index (χ0) is 21.5. The van der Waals surface area contributed by atoms with Gasteiger partial charge in [0.15, 0.2) is 0 Å². The Bertz CT molecular complexity index is 1000.